The Morgan fingerprint density at radius 1 is 1.29 bits per heavy atom. The number of carbonyl (C=O) groups excluding carboxylic acids is 1. The number of benzene rings is 1. The molecule has 9 nitrogen and oxygen atoms in total. The molecule has 1 fully saturated rings. The fourth-order valence-corrected chi connectivity index (χ4v) is 3.50. The van der Waals surface area contributed by atoms with Crippen molar-refractivity contribution < 1.29 is 18.4 Å². The summed E-state index contributed by atoms with van der Waals surface area (Å²) in [7, 11) is 1.49. The van der Waals surface area contributed by atoms with E-state index in [1.54, 1.807) is 30.6 Å². The van der Waals surface area contributed by atoms with E-state index in [4.69, 9.17) is 25.2 Å². The summed E-state index contributed by atoms with van der Waals surface area (Å²) in [5, 5.41) is 12.4. The van der Waals surface area contributed by atoms with E-state index in [1.807, 2.05) is 5.32 Å². The van der Waals surface area contributed by atoms with Crippen LogP contribution in [0.2, 0.25) is 5.15 Å². The van der Waals surface area contributed by atoms with Gasteiger partial charge in [-0.05, 0) is 24.1 Å². The summed E-state index contributed by atoms with van der Waals surface area (Å²) in [4.78, 5) is 21.5. The smallest absolute Gasteiger partial charge is 0.273 e. The number of ether oxygens (including phenoxy) is 2. The zero-order chi connectivity index (χ0) is 24.3. The van der Waals surface area contributed by atoms with E-state index < -0.39 is 12.9 Å². The van der Waals surface area contributed by atoms with E-state index >= 15 is 0 Å². The Bertz CT molecular complexity index is 1190. The average Bonchev–Trinajstić information content (AvgIpc) is 3.33. The molecule has 1 saturated heterocycles. The van der Waals surface area contributed by atoms with Gasteiger partial charge in [-0.1, -0.05) is 17.7 Å². The lowest BCUT2D eigenvalue weighted by atomic mass is 10.0. The molecule has 1 aliphatic heterocycles. The second-order valence-corrected chi connectivity index (χ2v) is 7.18. The number of amides is 1. The Morgan fingerprint density at radius 3 is 2.84 bits per heavy atom. The van der Waals surface area contributed by atoms with Crippen molar-refractivity contribution in [2.45, 2.75) is 12.3 Å². The summed E-state index contributed by atoms with van der Waals surface area (Å²) in [6.45, 7) is -1.30. The molecule has 0 aliphatic carbocycles. The molecule has 0 saturated carbocycles. The van der Waals surface area contributed by atoms with Crippen molar-refractivity contribution in [1.82, 2.24) is 25.5 Å². The highest BCUT2D eigenvalue weighted by Crippen LogP contribution is 2.37. The van der Waals surface area contributed by atoms with Crippen molar-refractivity contribution >= 4 is 28.9 Å². The number of halogens is 1. The molecular weight excluding hydrogens is 420 g/mol. The van der Waals surface area contributed by atoms with Gasteiger partial charge >= 0.3 is 0 Å². The Hall–Kier alpha value is -3.30. The molecule has 0 bridgehead atoms. The zero-order valence-electron chi connectivity index (χ0n) is 19.6. The van der Waals surface area contributed by atoms with Gasteiger partial charge in [-0.15, -0.1) is 10.2 Å². The molecule has 10 heteroatoms. The summed E-state index contributed by atoms with van der Waals surface area (Å²) in [6, 6.07) is 6.65. The molecule has 0 spiro atoms. The van der Waals surface area contributed by atoms with Crippen LogP contribution in [0.5, 0.6) is 5.75 Å². The second-order valence-electron chi connectivity index (χ2n) is 6.80. The van der Waals surface area contributed by atoms with Crippen LogP contribution < -0.4 is 15.4 Å². The normalized spacial score (nSPS) is 17.4. The van der Waals surface area contributed by atoms with Crippen molar-refractivity contribution in [2.24, 2.45) is 0 Å². The minimum absolute atomic E-state index is 0.0119. The van der Waals surface area contributed by atoms with E-state index in [0.717, 1.165) is 18.6 Å². The quantitative estimate of drug-likeness (QED) is 0.597. The fraction of sp³-hybridized carbons (Fsp3) is 0.286. The molecule has 1 aromatic carbocycles. The van der Waals surface area contributed by atoms with Crippen LogP contribution in [0.3, 0.4) is 0 Å². The van der Waals surface area contributed by atoms with Crippen LogP contribution in [-0.2, 0) is 4.74 Å². The van der Waals surface area contributed by atoms with Gasteiger partial charge in [-0.25, -0.2) is 9.97 Å². The van der Waals surface area contributed by atoms with Crippen molar-refractivity contribution in [1.29, 1.82) is 0 Å². The molecule has 1 atom stereocenters. The average molecular weight is 444 g/mol. The van der Waals surface area contributed by atoms with E-state index in [9.17, 15) is 4.79 Å². The maximum absolute atomic E-state index is 12.4. The Morgan fingerprint density at radius 2 is 2.13 bits per heavy atom. The molecule has 1 unspecified atom stereocenters. The minimum Gasteiger partial charge on any atom is -0.494 e. The van der Waals surface area contributed by atoms with Crippen LogP contribution in [0.25, 0.3) is 11.4 Å². The van der Waals surface area contributed by atoms with Crippen LogP contribution >= 0.6 is 11.6 Å². The van der Waals surface area contributed by atoms with Crippen LogP contribution in [0.1, 0.15) is 32.5 Å². The van der Waals surface area contributed by atoms with Gasteiger partial charge < -0.3 is 20.1 Å². The largest absolute Gasteiger partial charge is 0.494 e. The number of nitrogens with one attached hydrogen (secondary N) is 2. The summed E-state index contributed by atoms with van der Waals surface area (Å²) >= 11 is 5.97. The minimum atomic E-state index is -2.69. The van der Waals surface area contributed by atoms with Gasteiger partial charge in [0.2, 0.25) is 0 Å². The standard InChI is InChI=1S/C21H21ClN6O3/c1-23-21(29)18-16(8-17(22)27-28-18)26-15-5-3-4-14(19(15)30-2)20-24-9-13(10-25-20)12-6-7-31-11-12/h3-5,8-10,12H,6-7,11H2,1-2H3,(H,23,29)(H,26,27)/i1D3. The molecule has 2 aromatic heterocycles. The first-order valence-corrected chi connectivity index (χ1v) is 9.83. The van der Waals surface area contributed by atoms with Gasteiger partial charge in [0.1, 0.15) is 0 Å². The zero-order valence-corrected chi connectivity index (χ0v) is 17.3. The van der Waals surface area contributed by atoms with Gasteiger partial charge in [0.15, 0.2) is 22.4 Å². The number of carbonyl (C=O) groups is 1. The maximum atomic E-state index is 12.4. The number of hydrogen-bond acceptors (Lipinski definition) is 8. The molecule has 160 valence electrons. The summed E-state index contributed by atoms with van der Waals surface area (Å²) in [6.07, 6.45) is 4.50. The molecular formula is C21H21ClN6O3. The predicted molar refractivity (Wildman–Crippen MR) is 116 cm³/mol. The number of methoxy groups -OCH3 is 1. The highest BCUT2D eigenvalue weighted by molar-refractivity contribution is 6.29. The number of para-hydroxylation sites is 1. The van der Waals surface area contributed by atoms with Gasteiger partial charge in [0, 0.05) is 42.1 Å². The number of anilines is 2. The summed E-state index contributed by atoms with van der Waals surface area (Å²) in [5.74, 6) is 0.216. The SMILES string of the molecule is [2H]C([2H])([2H])NC(=O)c1nnc(Cl)cc1Nc1cccc(-c2ncc(C3CCOC3)cn2)c1OC. The highest BCUT2D eigenvalue weighted by atomic mass is 35.5. The lowest BCUT2D eigenvalue weighted by Crippen LogP contribution is -2.21. The van der Waals surface area contributed by atoms with Crippen LogP contribution in [0.15, 0.2) is 36.7 Å². The first kappa shape index (κ1) is 17.4. The third-order valence-electron chi connectivity index (χ3n) is 4.90. The van der Waals surface area contributed by atoms with Crippen molar-refractivity contribution in [3.63, 3.8) is 0 Å². The number of rotatable bonds is 6. The summed E-state index contributed by atoms with van der Waals surface area (Å²) in [5.41, 5.74) is 1.99. The van der Waals surface area contributed by atoms with Gasteiger partial charge in [-0.3, -0.25) is 4.79 Å². The first-order chi connectivity index (χ1) is 16.2. The number of nitrogens with zero attached hydrogens (tertiary/aromatic N) is 4. The molecule has 3 aromatic rings. The summed E-state index contributed by atoms with van der Waals surface area (Å²) < 4.78 is 32.9. The lowest BCUT2D eigenvalue weighted by molar-refractivity contribution is 0.0958. The second kappa shape index (κ2) is 9.23. The molecule has 2 N–H and O–H groups in total. The predicted octanol–water partition coefficient (Wildman–Crippen LogP) is 3.20. The third-order valence-corrected chi connectivity index (χ3v) is 5.08. The van der Waals surface area contributed by atoms with Gasteiger partial charge in [0.05, 0.1) is 30.7 Å². The third kappa shape index (κ3) is 4.42. The monoisotopic (exact) mass is 443 g/mol. The van der Waals surface area contributed by atoms with Crippen LogP contribution in [-0.4, -0.2) is 53.4 Å². The molecule has 31 heavy (non-hydrogen) atoms. The number of hydrogen-bond donors (Lipinski definition) is 2. The maximum Gasteiger partial charge on any atom is 0.273 e. The van der Waals surface area contributed by atoms with E-state index in [1.165, 1.54) is 13.2 Å². The lowest BCUT2D eigenvalue weighted by Gasteiger charge is -2.16. The van der Waals surface area contributed by atoms with Gasteiger partial charge in [-0.2, -0.15) is 0 Å². The molecule has 1 aliphatic rings. The Balaban J connectivity index is 1.66. The van der Waals surface area contributed by atoms with E-state index in [-0.39, 0.29) is 22.5 Å². The molecule has 1 amide bonds. The van der Waals surface area contributed by atoms with Crippen molar-refractivity contribution in [3.8, 4) is 17.1 Å². The number of aromatic nitrogens is 4. The highest BCUT2D eigenvalue weighted by Gasteiger charge is 2.20. The molecule has 4 rings (SSSR count). The Kier molecular flexibility index (Phi) is 5.18. The van der Waals surface area contributed by atoms with Crippen LogP contribution in [0.4, 0.5) is 11.4 Å². The topological polar surface area (TPSA) is 111 Å². The fourth-order valence-electron chi connectivity index (χ4n) is 3.35. The molecule has 3 heterocycles. The first-order valence-electron chi connectivity index (χ1n) is 10.9. The van der Waals surface area contributed by atoms with E-state index in [2.05, 4.69) is 25.5 Å². The van der Waals surface area contributed by atoms with Crippen molar-refractivity contribution in [2.75, 3.05) is 32.6 Å². The van der Waals surface area contributed by atoms with E-state index in [0.29, 0.717) is 29.4 Å². The van der Waals surface area contributed by atoms with Crippen LogP contribution in [0, 0.1) is 0 Å². The Labute approximate surface area is 188 Å². The van der Waals surface area contributed by atoms with Gasteiger partial charge in [0.25, 0.3) is 5.91 Å². The van der Waals surface area contributed by atoms with Crippen molar-refractivity contribution in [3.05, 3.63) is 53.1 Å². The molecule has 0 radical (unpaired) electrons.